The Morgan fingerprint density at radius 2 is 2.00 bits per heavy atom. The van der Waals surface area contributed by atoms with E-state index in [1.807, 2.05) is 48.5 Å². The Kier molecular flexibility index (Phi) is 1.83. The van der Waals surface area contributed by atoms with Gasteiger partial charge in [-0.1, -0.05) is 30.3 Å². The van der Waals surface area contributed by atoms with E-state index in [4.69, 9.17) is 4.42 Å². The van der Waals surface area contributed by atoms with Crippen molar-refractivity contribution in [2.24, 2.45) is 0 Å². The summed E-state index contributed by atoms with van der Waals surface area (Å²) in [5.41, 5.74) is 2.87. The fourth-order valence-corrected chi connectivity index (χ4v) is 2.23. The van der Waals surface area contributed by atoms with E-state index in [1.54, 1.807) is 0 Å². The van der Waals surface area contributed by atoms with Crippen molar-refractivity contribution in [2.75, 3.05) is 0 Å². The van der Waals surface area contributed by atoms with Gasteiger partial charge in [-0.2, -0.15) is 5.10 Å². The molecule has 3 nitrogen and oxygen atoms in total. The Morgan fingerprint density at radius 1 is 1.06 bits per heavy atom. The summed E-state index contributed by atoms with van der Waals surface area (Å²) in [6.45, 7) is 0. The summed E-state index contributed by atoms with van der Waals surface area (Å²) >= 11 is 0. The third kappa shape index (κ3) is 1.27. The molecular weight excluding hydrogens is 224 g/mol. The van der Waals surface area contributed by atoms with Crippen LogP contribution in [-0.2, 0) is 0 Å². The van der Waals surface area contributed by atoms with E-state index in [9.17, 15) is 0 Å². The molecule has 0 aliphatic carbocycles. The number of nitrogens with zero attached hydrogens (tertiary/aromatic N) is 1. The van der Waals surface area contributed by atoms with Crippen LogP contribution in [0.2, 0.25) is 0 Å². The van der Waals surface area contributed by atoms with Gasteiger partial charge >= 0.3 is 0 Å². The lowest BCUT2D eigenvalue weighted by Crippen LogP contribution is -1.75. The second-order valence-electron chi connectivity index (χ2n) is 4.21. The Hall–Kier alpha value is -2.55. The maximum Gasteiger partial charge on any atom is 0.136 e. The van der Waals surface area contributed by atoms with Gasteiger partial charge in [-0.15, -0.1) is 0 Å². The van der Waals surface area contributed by atoms with Gasteiger partial charge in [-0.3, -0.25) is 5.10 Å². The van der Waals surface area contributed by atoms with E-state index in [0.717, 1.165) is 33.2 Å². The summed E-state index contributed by atoms with van der Waals surface area (Å²) in [6, 6.07) is 16.0. The molecule has 4 rings (SSSR count). The first-order valence-corrected chi connectivity index (χ1v) is 5.75. The van der Waals surface area contributed by atoms with Crippen molar-refractivity contribution in [2.45, 2.75) is 0 Å². The zero-order chi connectivity index (χ0) is 11.9. The SMILES string of the molecule is [c]1n[nH]c2cccc(-c3cc4ccccc4o3)c12. The van der Waals surface area contributed by atoms with Gasteiger partial charge in [-0.25, -0.2) is 0 Å². The Labute approximate surface area is 103 Å². The van der Waals surface area contributed by atoms with Crippen molar-refractivity contribution in [3.63, 3.8) is 0 Å². The molecule has 0 amide bonds. The molecule has 18 heavy (non-hydrogen) atoms. The quantitative estimate of drug-likeness (QED) is 0.543. The summed E-state index contributed by atoms with van der Waals surface area (Å²) in [5.74, 6) is 0.847. The number of para-hydroxylation sites is 1. The Balaban J connectivity index is 2.04. The molecule has 85 valence electrons. The summed E-state index contributed by atoms with van der Waals surface area (Å²) in [5, 5.41) is 8.93. The third-order valence-electron chi connectivity index (χ3n) is 3.10. The van der Waals surface area contributed by atoms with Crippen LogP contribution in [-0.4, -0.2) is 10.2 Å². The van der Waals surface area contributed by atoms with Gasteiger partial charge in [0.25, 0.3) is 0 Å². The zero-order valence-corrected chi connectivity index (χ0v) is 9.47. The van der Waals surface area contributed by atoms with Crippen molar-refractivity contribution in [1.29, 1.82) is 0 Å². The number of H-pyrrole nitrogens is 1. The van der Waals surface area contributed by atoms with E-state index in [-0.39, 0.29) is 0 Å². The minimum atomic E-state index is 0.847. The molecule has 4 aromatic rings. The van der Waals surface area contributed by atoms with Crippen molar-refractivity contribution in [3.05, 3.63) is 54.7 Å². The fourth-order valence-electron chi connectivity index (χ4n) is 2.23. The van der Waals surface area contributed by atoms with Crippen molar-refractivity contribution < 1.29 is 4.42 Å². The second-order valence-corrected chi connectivity index (χ2v) is 4.21. The van der Waals surface area contributed by atoms with Gasteiger partial charge in [0, 0.05) is 16.3 Å². The number of rotatable bonds is 1. The molecule has 0 unspecified atom stereocenters. The van der Waals surface area contributed by atoms with Gasteiger partial charge in [0.1, 0.15) is 17.5 Å². The normalized spacial score (nSPS) is 11.3. The molecule has 0 aliphatic heterocycles. The standard InChI is InChI=1S/C15H9N2O/c1-2-7-14-10(4-1)8-15(18-14)11-5-3-6-13-12(11)9-16-17-13/h1-8H,(H,16,17). The topological polar surface area (TPSA) is 41.8 Å². The molecule has 0 fully saturated rings. The van der Waals surface area contributed by atoms with Gasteiger partial charge < -0.3 is 4.42 Å². The number of aromatic amines is 1. The molecule has 1 N–H and O–H groups in total. The number of nitrogens with one attached hydrogen (secondary N) is 1. The molecule has 0 atom stereocenters. The van der Waals surface area contributed by atoms with Crippen LogP contribution >= 0.6 is 0 Å². The molecule has 0 bridgehead atoms. The lowest BCUT2D eigenvalue weighted by molar-refractivity contribution is 0.632. The highest BCUT2D eigenvalue weighted by atomic mass is 16.3. The first-order chi connectivity index (χ1) is 8.92. The monoisotopic (exact) mass is 233 g/mol. The lowest BCUT2D eigenvalue weighted by atomic mass is 10.1. The maximum atomic E-state index is 5.87. The van der Waals surface area contributed by atoms with Crippen LogP contribution in [0.25, 0.3) is 33.2 Å². The van der Waals surface area contributed by atoms with Gasteiger partial charge in [0.05, 0.1) is 5.52 Å². The highest BCUT2D eigenvalue weighted by molar-refractivity contribution is 5.95. The summed E-state index contributed by atoms with van der Waals surface area (Å²) in [6.07, 6.45) is 2.97. The van der Waals surface area contributed by atoms with Crippen LogP contribution in [0.1, 0.15) is 0 Å². The number of hydrogen-bond donors (Lipinski definition) is 1. The number of aromatic nitrogens is 2. The first-order valence-electron chi connectivity index (χ1n) is 5.75. The van der Waals surface area contributed by atoms with Gasteiger partial charge in [0.15, 0.2) is 0 Å². The van der Waals surface area contributed by atoms with Crippen LogP contribution in [0.15, 0.2) is 52.9 Å². The highest BCUT2D eigenvalue weighted by Crippen LogP contribution is 2.31. The highest BCUT2D eigenvalue weighted by Gasteiger charge is 2.10. The molecule has 3 heteroatoms. The van der Waals surface area contributed by atoms with E-state index >= 15 is 0 Å². The Morgan fingerprint density at radius 3 is 2.94 bits per heavy atom. The molecule has 0 saturated heterocycles. The van der Waals surface area contributed by atoms with Gasteiger partial charge in [-0.05, 0) is 18.2 Å². The predicted molar refractivity (Wildman–Crippen MR) is 70.1 cm³/mol. The minimum Gasteiger partial charge on any atom is -0.456 e. The third-order valence-corrected chi connectivity index (χ3v) is 3.10. The average Bonchev–Trinajstić information content (AvgIpc) is 3.04. The summed E-state index contributed by atoms with van der Waals surface area (Å²) in [7, 11) is 0. The fraction of sp³-hybridized carbons (Fsp3) is 0. The molecule has 2 heterocycles. The number of benzene rings is 2. The van der Waals surface area contributed by atoms with Crippen LogP contribution in [0.4, 0.5) is 0 Å². The van der Waals surface area contributed by atoms with E-state index in [0.29, 0.717) is 0 Å². The molecule has 2 aromatic heterocycles. The maximum absolute atomic E-state index is 5.87. The number of fused-ring (bicyclic) bond motifs is 2. The zero-order valence-electron chi connectivity index (χ0n) is 9.47. The number of hydrogen-bond acceptors (Lipinski definition) is 2. The van der Waals surface area contributed by atoms with E-state index < -0.39 is 0 Å². The summed E-state index contributed by atoms with van der Waals surface area (Å²) < 4.78 is 5.87. The average molecular weight is 233 g/mol. The van der Waals surface area contributed by atoms with Crippen LogP contribution in [0.5, 0.6) is 0 Å². The second kappa shape index (κ2) is 3.47. The van der Waals surface area contributed by atoms with Crippen LogP contribution < -0.4 is 0 Å². The molecule has 0 saturated carbocycles. The molecule has 0 spiro atoms. The molecule has 1 radical (unpaired) electrons. The van der Waals surface area contributed by atoms with Crippen molar-refractivity contribution >= 4 is 21.9 Å². The molecule has 2 aromatic carbocycles. The molecular formula is C15H9N2O. The summed E-state index contributed by atoms with van der Waals surface area (Å²) in [4.78, 5) is 0. The lowest BCUT2D eigenvalue weighted by Gasteiger charge is -1.97. The Bertz CT molecular complexity index is 809. The first kappa shape index (κ1) is 9.48. The van der Waals surface area contributed by atoms with Crippen molar-refractivity contribution in [3.8, 4) is 11.3 Å². The predicted octanol–water partition coefficient (Wildman–Crippen LogP) is 3.78. The van der Waals surface area contributed by atoms with Gasteiger partial charge in [0.2, 0.25) is 0 Å². The van der Waals surface area contributed by atoms with Crippen molar-refractivity contribution in [1.82, 2.24) is 10.2 Å². The smallest absolute Gasteiger partial charge is 0.136 e. The van der Waals surface area contributed by atoms with E-state index in [2.05, 4.69) is 16.4 Å². The largest absolute Gasteiger partial charge is 0.456 e. The molecule has 0 aliphatic rings. The minimum absolute atomic E-state index is 0.847. The van der Waals surface area contributed by atoms with Crippen LogP contribution in [0.3, 0.4) is 0 Å². The van der Waals surface area contributed by atoms with Crippen LogP contribution in [0, 0.1) is 6.20 Å². The number of furan rings is 1. The van der Waals surface area contributed by atoms with E-state index in [1.165, 1.54) is 0 Å².